The average molecular weight is 387 g/mol. The SMILES string of the molecule is O=c1c(-c2ccccc2)c(CNc2ncnc3nc[nH]c23)oc2ccc(F)cc12. The molecule has 0 saturated carbocycles. The number of benzene rings is 2. The summed E-state index contributed by atoms with van der Waals surface area (Å²) in [6.07, 6.45) is 2.94. The Morgan fingerprint density at radius 1 is 1.07 bits per heavy atom. The van der Waals surface area contributed by atoms with Gasteiger partial charge in [-0.25, -0.2) is 19.3 Å². The van der Waals surface area contributed by atoms with Crippen LogP contribution in [0.25, 0.3) is 33.3 Å². The molecule has 29 heavy (non-hydrogen) atoms. The second kappa shape index (κ2) is 6.83. The molecule has 5 rings (SSSR count). The van der Waals surface area contributed by atoms with Crippen LogP contribution in [0.3, 0.4) is 0 Å². The normalized spacial score (nSPS) is 11.2. The molecular formula is C21H14FN5O2. The summed E-state index contributed by atoms with van der Waals surface area (Å²) in [7, 11) is 0. The van der Waals surface area contributed by atoms with Gasteiger partial charge in [-0.05, 0) is 23.8 Å². The Labute approximate surface area is 163 Å². The highest BCUT2D eigenvalue weighted by Gasteiger charge is 2.17. The van der Waals surface area contributed by atoms with Crippen LogP contribution in [0.15, 0.2) is 70.4 Å². The fraction of sp³-hybridized carbons (Fsp3) is 0.0476. The highest BCUT2D eigenvalue weighted by molar-refractivity contribution is 5.84. The van der Waals surface area contributed by atoms with E-state index in [1.165, 1.54) is 30.9 Å². The summed E-state index contributed by atoms with van der Waals surface area (Å²) in [4.78, 5) is 28.6. The van der Waals surface area contributed by atoms with Gasteiger partial charge in [0.2, 0.25) is 5.43 Å². The third-order valence-corrected chi connectivity index (χ3v) is 4.63. The van der Waals surface area contributed by atoms with Crippen LogP contribution < -0.4 is 10.7 Å². The molecule has 0 aliphatic heterocycles. The summed E-state index contributed by atoms with van der Waals surface area (Å²) >= 11 is 0. The maximum Gasteiger partial charge on any atom is 0.200 e. The van der Waals surface area contributed by atoms with Crippen molar-refractivity contribution in [1.29, 1.82) is 0 Å². The number of anilines is 1. The maximum absolute atomic E-state index is 13.7. The summed E-state index contributed by atoms with van der Waals surface area (Å²) in [6, 6.07) is 13.1. The van der Waals surface area contributed by atoms with Gasteiger partial charge in [-0.15, -0.1) is 0 Å². The Kier molecular flexibility index (Phi) is 4.02. The van der Waals surface area contributed by atoms with Crippen LogP contribution in [0.1, 0.15) is 5.76 Å². The molecule has 0 bridgehead atoms. The standard InChI is InChI=1S/C21H14FN5O2/c22-13-6-7-15-14(8-13)19(28)17(12-4-2-1-3-5-12)16(29-15)9-23-20-18-21(25-10-24-18)27-11-26-20/h1-8,10-11H,9H2,(H2,23,24,25,26,27). The molecule has 7 nitrogen and oxygen atoms in total. The van der Waals surface area contributed by atoms with Crippen LogP contribution in [0.5, 0.6) is 0 Å². The van der Waals surface area contributed by atoms with Crippen molar-refractivity contribution in [3.8, 4) is 11.1 Å². The summed E-state index contributed by atoms with van der Waals surface area (Å²) in [6.45, 7) is 0.192. The van der Waals surface area contributed by atoms with Crippen LogP contribution in [0.4, 0.5) is 10.2 Å². The van der Waals surface area contributed by atoms with E-state index in [1.54, 1.807) is 0 Å². The molecule has 0 atom stereocenters. The number of fused-ring (bicyclic) bond motifs is 2. The van der Waals surface area contributed by atoms with Crippen molar-refractivity contribution in [2.75, 3.05) is 5.32 Å². The fourth-order valence-corrected chi connectivity index (χ4v) is 3.30. The molecule has 0 aliphatic rings. The van der Waals surface area contributed by atoms with E-state index in [4.69, 9.17) is 4.42 Å². The first-order valence-electron chi connectivity index (χ1n) is 8.89. The number of H-pyrrole nitrogens is 1. The molecule has 8 heteroatoms. The Balaban J connectivity index is 1.65. The van der Waals surface area contributed by atoms with Crippen molar-refractivity contribution in [3.05, 3.63) is 83.0 Å². The Morgan fingerprint density at radius 2 is 1.93 bits per heavy atom. The lowest BCUT2D eigenvalue weighted by Gasteiger charge is -2.12. The number of halogens is 1. The number of imidazole rings is 1. The second-order valence-electron chi connectivity index (χ2n) is 6.41. The van der Waals surface area contributed by atoms with Crippen LogP contribution >= 0.6 is 0 Å². The highest BCUT2D eigenvalue weighted by Crippen LogP contribution is 2.26. The van der Waals surface area contributed by atoms with Crippen LogP contribution in [0, 0.1) is 5.82 Å². The van der Waals surface area contributed by atoms with Gasteiger partial charge in [0, 0.05) is 0 Å². The topological polar surface area (TPSA) is 96.7 Å². The van der Waals surface area contributed by atoms with Crippen LogP contribution in [-0.4, -0.2) is 19.9 Å². The minimum Gasteiger partial charge on any atom is -0.458 e. The van der Waals surface area contributed by atoms with E-state index in [1.807, 2.05) is 30.3 Å². The van der Waals surface area contributed by atoms with Gasteiger partial charge in [-0.2, -0.15) is 0 Å². The molecule has 0 saturated heterocycles. The molecule has 3 aromatic heterocycles. The number of hydrogen-bond donors (Lipinski definition) is 2. The quantitative estimate of drug-likeness (QED) is 0.486. The zero-order valence-corrected chi connectivity index (χ0v) is 15.0. The van der Waals surface area contributed by atoms with Gasteiger partial charge in [0.1, 0.15) is 29.0 Å². The molecule has 2 aromatic carbocycles. The molecule has 0 radical (unpaired) electrons. The molecule has 0 spiro atoms. The van der Waals surface area contributed by atoms with Gasteiger partial charge >= 0.3 is 0 Å². The maximum atomic E-state index is 13.7. The molecular weight excluding hydrogens is 373 g/mol. The zero-order chi connectivity index (χ0) is 19.8. The lowest BCUT2D eigenvalue weighted by atomic mass is 10.0. The lowest BCUT2D eigenvalue weighted by Crippen LogP contribution is -2.12. The van der Waals surface area contributed by atoms with E-state index < -0.39 is 5.82 Å². The van der Waals surface area contributed by atoms with Gasteiger partial charge in [-0.3, -0.25) is 4.79 Å². The number of hydrogen-bond acceptors (Lipinski definition) is 6. The Morgan fingerprint density at radius 3 is 2.79 bits per heavy atom. The molecule has 0 fully saturated rings. The molecule has 2 N–H and O–H groups in total. The zero-order valence-electron chi connectivity index (χ0n) is 15.0. The second-order valence-corrected chi connectivity index (χ2v) is 6.41. The van der Waals surface area contributed by atoms with Gasteiger partial charge in [-0.1, -0.05) is 30.3 Å². The predicted molar refractivity (Wildman–Crippen MR) is 107 cm³/mol. The first-order chi connectivity index (χ1) is 14.2. The van der Waals surface area contributed by atoms with Gasteiger partial charge in [0.05, 0.1) is 23.8 Å². The lowest BCUT2D eigenvalue weighted by molar-refractivity contribution is 0.546. The fourth-order valence-electron chi connectivity index (χ4n) is 3.30. The largest absolute Gasteiger partial charge is 0.458 e. The van der Waals surface area contributed by atoms with Crippen LogP contribution in [0.2, 0.25) is 0 Å². The Bertz CT molecular complexity index is 1400. The summed E-state index contributed by atoms with van der Waals surface area (Å²) in [5, 5.41) is 3.37. The predicted octanol–water partition coefficient (Wildman–Crippen LogP) is 3.88. The summed E-state index contributed by atoms with van der Waals surface area (Å²) in [5.41, 5.74) is 2.29. The molecule has 142 valence electrons. The molecule has 5 aromatic rings. The van der Waals surface area contributed by atoms with Crippen molar-refractivity contribution >= 4 is 28.0 Å². The van der Waals surface area contributed by atoms with E-state index in [0.717, 1.165) is 0 Å². The highest BCUT2D eigenvalue weighted by atomic mass is 19.1. The first-order valence-corrected chi connectivity index (χ1v) is 8.89. The third-order valence-electron chi connectivity index (χ3n) is 4.63. The minimum atomic E-state index is -0.489. The Hall–Kier alpha value is -4.07. The van der Waals surface area contributed by atoms with Gasteiger partial charge in [0.25, 0.3) is 0 Å². The van der Waals surface area contributed by atoms with E-state index >= 15 is 0 Å². The smallest absolute Gasteiger partial charge is 0.200 e. The van der Waals surface area contributed by atoms with Crippen molar-refractivity contribution in [2.45, 2.75) is 6.54 Å². The van der Waals surface area contributed by atoms with Crippen molar-refractivity contribution in [3.63, 3.8) is 0 Å². The monoisotopic (exact) mass is 387 g/mol. The van der Waals surface area contributed by atoms with Gasteiger partial charge in [0.15, 0.2) is 11.5 Å². The summed E-state index contributed by atoms with van der Waals surface area (Å²) < 4.78 is 19.7. The van der Waals surface area contributed by atoms with E-state index in [2.05, 4.69) is 25.3 Å². The number of nitrogens with one attached hydrogen (secondary N) is 2. The van der Waals surface area contributed by atoms with Gasteiger partial charge < -0.3 is 14.7 Å². The third kappa shape index (κ3) is 3.00. The van der Waals surface area contributed by atoms with Crippen LogP contribution in [-0.2, 0) is 6.54 Å². The average Bonchev–Trinajstić information content (AvgIpc) is 3.23. The molecule has 0 amide bonds. The number of aromatic amines is 1. The number of aromatic nitrogens is 4. The van der Waals surface area contributed by atoms with E-state index in [-0.39, 0.29) is 17.4 Å². The van der Waals surface area contributed by atoms with Crippen molar-refractivity contribution in [2.24, 2.45) is 0 Å². The van der Waals surface area contributed by atoms with E-state index in [0.29, 0.717) is 39.5 Å². The van der Waals surface area contributed by atoms with Crippen molar-refractivity contribution < 1.29 is 8.81 Å². The van der Waals surface area contributed by atoms with Crippen molar-refractivity contribution in [1.82, 2.24) is 19.9 Å². The minimum absolute atomic E-state index is 0.192. The molecule has 3 heterocycles. The number of nitrogens with zero attached hydrogens (tertiary/aromatic N) is 3. The first kappa shape index (κ1) is 17.1. The molecule has 0 aliphatic carbocycles. The van der Waals surface area contributed by atoms with E-state index in [9.17, 15) is 9.18 Å². The molecule has 0 unspecified atom stereocenters. The summed E-state index contributed by atoms with van der Waals surface area (Å²) in [5.74, 6) is 0.470. The number of rotatable bonds is 4.